The topological polar surface area (TPSA) is 0 Å². The highest BCUT2D eigenvalue weighted by Gasteiger charge is 2.18. The zero-order chi connectivity index (χ0) is 23.9. The van der Waals surface area contributed by atoms with Crippen molar-refractivity contribution in [3.63, 3.8) is 0 Å². The van der Waals surface area contributed by atoms with Crippen LogP contribution in [0, 0.1) is 0 Å². The maximum Gasteiger partial charge on any atom is -0.00204 e. The molecule has 0 heterocycles. The van der Waals surface area contributed by atoms with E-state index in [0.717, 1.165) is 0 Å². The SMILES string of the molecule is C1=Cc2ccccc2-c2c3ccccc3c(c3ccccc23)-c2ccccc2C=Cc2cccc1c2. The molecule has 4 bridgehead atoms. The zero-order valence-corrected chi connectivity index (χ0v) is 19.9. The van der Waals surface area contributed by atoms with E-state index < -0.39 is 0 Å². The summed E-state index contributed by atoms with van der Waals surface area (Å²) >= 11 is 0. The van der Waals surface area contributed by atoms with Crippen LogP contribution in [0.2, 0.25) is 0 Å². The fourth-order valence-electron chi connectivity index (χ4n) is 5.59. The van der Waals surface area contributed by atoms with Crippen molar-refractivity contribution in [1.29, 1.82) is 0 Å². The van der Waals surface area contributed by atoms with Gasteiger partial charge in [0.05, 0.1) is 0 Å². The molecule has 2 aliphatic rings. The Kier molecular flexibility index (Phi) is 4.89. The van der Waals surface area contributed by atoms with Gasteiger partial charge in [-0.3, -0.25) is 0 Å². The molecule has 168 valence electrons. The van der Waals surface area contributed by atoms with Crippen LogP contribution in [0.1, 0.15) is 22.3 Å². The molecule has 2 aliphatic carbocycles. The fourth-order valence-corrected chi connectivity index (χ4v) is 5.59. The lowest BCUT2D eigenvalue weighted by atomic mass is 9.83. The van der Waals surface area contributed by atoms with E-state index in [-0.39, 0.29) is 0 Å². The molecule has 0 aromatic heterocycles. The zero-order valence-electron chi connectivity index (χ0n) is 19.9. The van der Waals surface area contributed by atoms with Crippen LogP contribution < -0.4 is 0 Å². The lowest BCUT2D eigenvalue weighted by Gasteiger charge is -2.19. The summed E-state index contributed by atoms with van der Waals surface area (Å²) in [6, 6.07) is 44.0. The van der Waals surface area contributed by atoms with Gasteiger partial charge in [0.25, 0.3) is 0 Å². The largest absolute Gasteiger partial charge is 0.0616 e. The van der Waals surface area contributed by atoms with E-state index in [1.807, 2.05) is 0 Å². The van der Waals surface area contributed by atoms with Crippen LogP contribution in [0.5, 0.6) is 0 Å². The Morgan fingerprint density at radius 2 is 0.694 bits per heavy atom. The Balaban J connectivity index is 1.71. The van der Waals surface area contributed by atoms with Crippen LogP contribution in [-0.2, 0) is 0 Å². The van der Waals surface area contributed by atoms with Gasteiger partial charge in [0.1, 0.15) is 0 Å². The van der Waals surface area contributed by atoms with Crippen LogP contribution >= 0.6 is 0 Å². The first-order valence-corrected chi connectivity index (χ1v) is 12.5. The van der Waals surface area contributed by atoms with E-state index in [1.54, 1.807) is 0 Å². The lowest BCUT2D eigenvalue weighted by Crippen LogP contribution is -1.93. The van der Waals surface area contributed by atoms with Gasteiger partial charge in [0.15, 0.2) is 0 Å². The van der Waals surface area contributed by atoms with E-state index in [4.69, 9.17) is 0 Å². The molecule has 0 N–H and O–H groups in total. The maximum atomic E-state index is 2.28. The van der Waals surface area contributed by atoms with Gasteiger partial charge in [-0.1, -0.05) is 140 Å². The first-order chi connectivity index (χ1) is 17.9. The average molecular weight is 457 g/mol. The van der Waals surface area contributed by atoms with Gasteiger partial charge in [-0.05, 0) is 72.1 Å². The third kappa shape index (κ3) is 3.39. The lowest BCUT2D eigenvalue weighted by molar-refractivity contribution is 1.61. The quantitative estimate of drug-likeness (QED) is 0.199. The summed E-state index contributed by atoms with van der Waals surface area (Å²) in [4.78, 5) is 0. The molecule has 0 saturated carbocycles. The number of hydrogen-bond donors (Lipinski definition) is 0. The van der Waals surface area contributed by atoms with Crippen molar-refractivity contribution in [2.45, 2.75) is 0 Å². The van der Waals surface area contributed by atoms with Crippen molar-refractivity contribution in [3.05, 3.63) is 144 Å². The third-order valence-corrected chi connectivity index (χ3v) is 7.21. The number of benzene rings is 6. The highest BCUT2D eigenvalue weighted by Crippen LogP contribution is 2.45. The first kappa shape index (κ1) is 20.7. The average Bonchev–Trinajstić information content (AvgIpc) is 2.94. The first-order valence-electron chi connectivity index (χ1n) is 12.5. The van der Waals surface area contributed by atoms with Gasteiger partial charge in [-0.2, -0.15) is 0 Å². The summed E-state index contributed by atoms with van der Waals surface area (Å²) in [5.74, 6) is 0. The van der Waals surface area contributed by atoms with Gasteiger partial charge in [-0.25, -0.2) is 0 Å². The third-order valence-electron chi connectivity index (χ3n) is 7.21. The predicted octanol–water partition coefficient (Wildman–Crippen LogP) is 9.98. The molecule has 0 heteroatoms. The summed E-state index contributed by atoms with van der Waals surface area (Å²) in [7, 11) is 0. The molecule has 0 saturated heterocycles. The molecule has 0 aliphatic heterocycles. The monoisotopic (exact) mass is 456 g/mol. The Labute approximate surface area is 211 Å². The Morgan fingerprint density at radius 3 is 1.14 bits per heavy atom. The smallest absolute Gasteiger partial charge is 0.00204 e. The van der Waals surface area contributed by atoms with Crippen LogP contribution in [-0.4, -0.2) is 0 Å². The van der Waals surface area contributed by atoms with Gasteiger partial charge in [0, 0.05) is 0 Å². The summed E-state index contributed by atoms with van der Waals surface area (Å²) < 4.78 is 0. The molecule has 6 aromatic carbocycles. The molecule has 36 heavy (non-hydrogen) atoms. The molecule has 0 unspecified atom stereocenters. The summed E-state index contributed by atoms with van der Waals surface area (Å²) in [6.45, 7) is 0. The Bertz CT molecular complexity index is 1640. The molecule has 0 nitrogen and oxygen atoms in total. The van der Waals surface area contributed by atoms with Crippen molar-refractivity contribution in [1.82, 2.24) is 0 Å². The van der Waals surface area contributed by atoms with Crippen LogP contribution in [0.3, 0.4) is 0 Å². The van der Waals surface area contributed by atoms with Crippen molar-refractivity contribution < 1.29 is 0 Å². The molecule has 6 aromatic rings. The molecule has 0 fully saturated rings. The van der Waals surface area contributed by atoms with Crippen molar-refractivity contribution >= 4 is 45.8 Å². The van der Waals surface area contributed by atoms with Crippen molar-refractivity contribution in [3.8, 4) is 22.3 Å². The second kappa shape index (κ2) is 8.52. The highest BCUT2D eigenvalue weighted by atomic mass is 14.2. The van der Waals surface area contributed by atoms with Crippen LogP contribution in [0.25, 0.3) is 68.1 Å². The van der Waals surface area contributed by atoms with Gasteiger partial charge >= 0.3 is 0 Å². The predicted molar refractivity (Wildman–Crippen MR) is 157 cm³/mol. The van der Waals surface area contributed by atoms with Crippen LogP contribution in [0.4, 0.5) is 0 Å². The Morgan fingerprint density at radius 1 is 0.306 bits per heavy atom. The fraction of sp³-hybridized carbons (Fsp3) is 0. The van der Waals surface area contributed by atoms with Crippen LogP contribution in [0.15, 0.2) is 121 Å². The van der Waals surface area contributed by atoms with E-state index in [1.165, 1.54) is 66.1 Å². The molecule has 0 atom stereocenters. The maximum absolute atomic E-state index is 2.28. The molecular formula is C36H24. The van der Waals surface area contributed by atoms with E-state index in [2.05, 4.69) is 146 Å². The minimum Gasteiger partial charge on any atom is -0.0616 e. The van der Waals surface area contributed by atoms with E-state index in [0.29, 0.717) is 0 Å². The molecule has 0 radical (unpaired) electrons. The van der Waals surface area contributed by atoms with E-state index in [9.17, 15) is 0 Å². The molecular weight excluding hydrogens is 432 g/mol. The second-order valence-corrected chi connectivity index (χ2v) is 9.35. The van der Waals surface area contributed by atoms with Gasteiger partial charge < -0.3 is 0 Å². The Hall–Kier alpha value is -4.68. The summed E-state index contributed by atoms with van der Waals surface area (Å²) in [5.41, 5.74) is 9.92. The number of hydrogen-bond acceptors (Lipinski definition) is 0. The standard InChI is InChI=1S/C36H24/c1-3-14-29-27(12-1)22-20-25-10-9-11-26(24-25)21-23-28-13-2-4-15-30(28)36-33-18-7-5-16-31(33)35(29)32-17-6-8-19-34(32)36/h1-24H. The minimum absolute atomic E-state index is 1.19. The van der Waals surface area contributed by atoms with Gasteiger partial charge in [0.2, 0.25) is 0 Å². The van der Waals surface area contributed by atoms with Crippen molar-refractivity contribution in [2.24, 2.45) is 0 Å². The molecule has 0 amide bonds. The second-order valence-electron chi connectivity index (χ2n) is 9.35. The number of rotatable bonds is 0. The molecule has 0 spiro atoms. The highest BCUT2D eigenvalue weighted by molar-refractivity contribution is 6.22. The van der Waals surface area contributed by atoms with Crippen molar-refractivity contribution in [2.75, 3.05) is 0 Å². The van der Waals surface area contributed by atoms with E-state index >= 15 is 0 Å². The minimum atomic E-state index is 1.19. The summed E-state index contributed by atoms with van der Waals surface area (Å²) in [5, 5.41) is 5.12. The summed E-state index contributed by atoms with van der Waals surface area (Å²) in [6.07, 6.45) is 8.96. The normalized spacial score (nSPS) is 12.2. The van der Waals surface area contributed by atoms with Gasteiger partial charge in [-0.15, -0.1) is 0 Å². The molecule has 8 rings (SSSR count).